The van der Waals surface area contributed by atoms with Crippen LogP contribution in [0.3, 0.4) is 0 Å². The van der Waals surface area contributed by atoms with Gasteiger partial charge < -0.3 is 15.0 Å². The summed E-state index contributed by atoms with van der Waals surface area (Å²) in [6.45, 7) is 3.36. The Labute approximate surface area is 124 Å². The molecule has 1 aromatic carbocycles. The molecule has 4 heteroatoms. The maximum Gasteiger partial charge on any atom is 0.222 e. The van der Waals surface area contributed by atoms with E-state index in [0.717, 1.165) is 11.9 Å². The Morgan fingerprint density at radius 1 is 1.43 bits per heavy atom. The van der Waals surface area contributed by atoms with Gasteiger partial charge in [-0.15, -0.1) is 0 Å². The molecule has 0 bridgehead atoms. The molecule has 2 unspecified atom stereocenters. The van der Waals surface area contributed by atoms with Crippen LogP contribution in [-0.2, 0) is 11.2 Å². The van der Waals surface area contributed by atoms with Gasteiger partial charge in [0, 0.05) is 36.6 Å². The second-order valence-electron chi connectivity index (χ2n) is 6.03. The van der Waals surface area contributed by atoms with Crippen molar-refractivity contribution in [2.24, 2.45) is 5.92 Å². The smallest absolute Gasteiger partial charge is 0.222 e. The molecule has 3 rings (SSSR count). The van der Waals surface area contributed by atoms with Crippen LogP contribution in [0, 0.1) is 5.92 Å². The standard InChI is InChI=1S/C17H22N2O2/c1-12-11-19(9-8-16(12)20)17(21)7-6-13-10-18-15-5-3-2-4-14(13)15/h2-5,10,12,16,18,20H,6-9,11H2,1H3. The Morgan fingerprint density at radius 2 is 2.24 bits per heavy atom. The van der Waals surface area contributed by atoms with Gasteiger partial charge in [0.1, 0.15) is 0 Å². The van der Waals surface area contributed by atoms with Gasteiger partial charge in [-0.05, 0) is 30.4 Å². The van der Waals surface area contributed by atoms with Crippen LogP contribution in [-0.4, -0.2) is 40.1 Å². The van der Waals surface area contributed by atoms with Crippen molar-refractivity contribution in [2.75, 3.05) is 13.1 Å². The number of piperidine rings is 1. The van der Waals surface area contributed by atoms with Crippen molar-refractivity contribution in [3.63, 3.8) is 0 Å². The maximum atomic E-state index is 12.3. The van der Waals surface area contributed by atoms with Gasteiger partial charge in [0.15, 0.2) is 0 Å². The molecule has 0 saturated carbocycles. The van der Waals surface area contributed by atoms with E-state index in [4.69, 9.17) is 0 Å². The summed E-state index contributed by atoms with van der Waals surface area (Å²) < 4.78 is 0. The van der Waals surface area contributed by atoms with E-state index >= 15 is 0 Å². The van der Waals surface area contributed by atoms with E-state index in [1.165, 1.54) is 10.9 Å². The number of aromatic amines is 1. The average Bonchev–Trinajstić information content (AvgIpc) is 2.91. The van der Waals surface area contributed by atoms with Crippen LogP contribution in [0.2, 0.25) is 0 Å². The number of rotatable bonds is 3. The largest absolute Gasteiger partial charge is 0.393 e. The van der Waals surface area contributed by atoms with Crippen LogP contribution >= 0.6 is 0 Å². The SMILES string of the molecule is CC1CN(C(=O)CCc2c[nH]c3ccccc23)CCC1O. The lowest BCUT2D eigenvalue weighted by Crippen LogP contribution is -2.45. The van der Waals surface area contributed by atoms with Crippen LogP contribution in [0.1, 0.15) is 25.3 Å². The Morgan fingerprint density at radius 3 is 3.05 bits per heavy atom. The van der Waals surface area contributed by atoms with E-state index in [2.05, 4.69) is 11.1 Å². The highest BCUT2D eigenvalue weighted by Crippen LogP contribution is 2.21. The highest BCUT2D eigenvalue weighted by atomic mass is 16.3. The van der Waals surface area contributed by atoms with E-state index in [0.29, 0.717) is 25.9 Å². The lowest BCUT2D eigenvalue weighted by atomic mass is 9.96. The molecule has 1 fully saturated rings. The normalized spacial score (nSPS) is 22.7. The molecule has 2 atom stereocenters. The number of hydrogen-bond donors (Lipinski definition) is 2. The maximum absolute atomic E-state index is 12.3. The average molecular weight is 286 g/mol. The molecule has 21 heavy (non-hydrogen) atoms. The third kappa shape index (κ3) is 2.95. The number of carbonyl (C=O) groups is 1. The number of aliphatic hydroxyl groups excluding tert-OH is 1. The number of para-hydroxylation sites is 1. The number of nitrogens with zero attached hydrogens (tertiary/aromatic N) is 1. The fourth-order valence-corrected chi connectivity index (χ4v) is 3.10. The van der Waals surface area contributed by atoms with Crippen molar-refractivity contribution < 1.29 is 9.90 Å². The summed E-state index contributed by atoms with van der Waals surface area (Å²) in [6, 6.07) is 8.17. The second-order valence-corrected chi connectivity index (χ2v) is 6.03. The summed E-state index contributed by atoms with van der Waals surface area (Å²) in [5, 5.41) is 10.9. The molecule has 1 aliphatic rings. The number of aliphatic hydroxyl groups is 1. The third-order valence-electron chi connectivity index (χ3n) is 4.50. The Bertz CT molecular complexity index is 635. The topological polar surface area (TPSA) is 56.3 Å². The van der Waals surface area contributed by atoms with Crippen molar-refractivity contribution in [2.45, 2.75) is 32.3 Å². The minimum Gasteiger partial charge on any atom is -0.393 e. The molecule has 0 aliphatic carbocycles. The number of nitrogens with one attached hydrogen (secondary N) is 1. The highest BCUT2D eigenvalue weighted by molar-refractivity contribution is 5.84. The van der Waals surface area contributed by atoms with Crippen LogP contribution in [0.15, 0.2) is 30.5 Å². The van der Waals surface area contributed by atoms with Crippen LogP contribution in [0.5, 0.6) is 0 Å². The van der Waals surface area contributed by atoms with Crippen LogP contribution in [0.25, 0.3) is 10.9 Å². The summed E-state index contributed by atoms with van der Waals surface area (Å²) in [7, 11) is 0. The van der Waals surface area contributed by atoms with Crippen molar-refractivity contribution in [3.8, 4) is 0 Å². The molecule has 1 saturated heterocycles. The fraction of sp³-hybridized carbons (Fsp3) is 0.471. The molecular weight excluding hydrogens is 264 g/mol. The van der Waals surface area contributed by atoms with Crippen LogP contribution < -0.4 is 0 Å². The van der Waals surface area contributed by atoms with Crippen molar-refractivity contribution in [3.05, 3.63) is 36.0 Å². The van der Waals surface area contributed by atoms with Crippen molar-refractivity contribution >= 4 is 16.8 Å². The molecule has 2 aromatic rings. The summed E-state index contributed by atoms with van der Waals surface area (Å²) >= 11 is 0. The highest BCUT2D eigenvalue weighted by Gasteiger charge is 2.26. The van der Waals surface area contributed by atoms with Gasteiger partial charge in [-0.1, -0.05) is 25.1 Å². The van der Waals surface area contributed by atoms with Gasteiger partial charge in [0.05, 0.1) is 6.10 Å². The Balaban J connectivity index is 1.61. The first-order valence-corrected chi connectivity index (χ1v) is 7.66. The van der Waals surface area contributed by atoms with Crippen molar-refractivity contribution in [1.29, 1.82) is 0 Å². The van der Waals surface area contributed by atoms with E-state index in [9.17, 15) is 9.90 Å². The number of likely N-dealkylation sites (tertiary alicyclic amines) is 1. The molecule has 0 radical (unpaired) electrons. The quantitative estimate of drug-likeness (QED) is 0.910. The van der Waals surface area contributed by atoms with Gasteiger partial charge >= 0.3 is 0 Å². The number of amides is 1. The monoisotopic (exact) mass is 286 g/mol. The van der Waals surface area contributed by atoms with E-state index in [1.54, 1.807) is 0 Å². The predicted molar refractivity (Wildman–Crippen MR) is 83.0 cm³/mol. The molecular formula is C17H22N2O2. The zero-order chi connectivity index (χ0) is 14.8. The minimum absolute atomic E-state index is 0.177. The number of H-pyrrole nitrogens is 1. The summed E-state index contributed by atoms with van der Waals surface area (Å²) in [5.41, 5.74) is 2.32. The number of aryl methyl sites for hydroxylation is 1. The van der Waals surface area contributed by atoms with E-state index in [1.807, 2.05) is 36.2 Å². The van der Waals surface area contributed by atoms with Gasteiger partial charge in [-0.3, -0.25) is 4.79 Å². The predicted octanol–water partition coefficient (Wildman–Crippen LogP) is 2.33. The van der Waals surface area contributed by atoms with Gasteiger partial charge in [0.2, 0.25) is 5.91 Å². The summed E-state index contributed by atoms with van der Waals surface area (Å²) in [5.74, 6) is 0.370. The van der Waals surface area contributed by atoms with Gasteiger partial charge in [-0.2, -0.15) is 0 Å². The molecule has 1 amide bonds. The van der Waals surface area contributed by atoms with Crippen molar-refractivity contribution in [1.82, 2.24) is 9.88 Å². The zero-order valence-corrected chi connectivity index (χ0v) is 12.4. The van der Waals surface area contributed by atoms with Gasteiger partial charge in [-0.25, -0.2) is 0 Å². The summed E-state index contributed by atoms with van der Waals surface area (Å²) in [4.78, 5) is 17.5. The second kappa shape index (κ2) is 5.90. The number of carbonyl (C=O) groups excluding carboxylic acids is 1. The van der Waals surface area contributed by atoms with Crippen LogP contribution in [0.4, 0.5) is 0 Å². The third-order valence-corrected chi connectivity index (χ3v) is 4.50. The Kier molecular flexibility index (Phi) is 3.97. The van der Waals surface area contributed by atoms with Gasteiger partial charge in [0.25, 0.3) is 0 Å². The molecule has 112 valence electrons. The first-order chi connectivity index (χ1) is 10.1. The molecule has 1 aliphatic heterocycles. The first kappa shape index (κ1) is 14.1. The number of benzene rings is 1. The van der Waals surface area contributed by atoms with E-state index in [-0.39, 0.29) is 17.9 Å². The zero-order valence-electron chi connectivity index (χ0n) is 12.4. The lowest BCUT2D eigenvalue weighted by Gasteiger charge is -2.34. The molecule has 2 heterocycles. The first-order valence-electron chi connectivity index (χ1n) is 7.66. The Hall–Kier alpha value is -1.81. The minimum atomic E-state index is -0.261. The number of aromatic nitrogens is 1. The molecule has 0 spiro atoms. The molecule has 4 nitrogen and oxygen atoms in total. The molecule has 1 aromatic heterocycles. The fourth-order valence-electron chi connectivity index (χ4n) is 3.10. The number of fused-ring (bicyclic) bond motifs is 1. The molecule has 2 N–H and O–H groups in total. The number of hydrogen-bond acceptors (Lipinski definition) is 2. The summed E-state index contributed by atoms with van der Waals surface area (Å²) in [6.07, 6.45) is 3.73. The lowest BCUT2D eigenvalue weighted by molar-refractivity contribution is -0.134. The van der Waals surface area contributed by atoms with E-state index < -0.39 is 0 Å².